The predicted octanol–water partition coefficient (Wildman–Crippen LogP) is 4.59. The lowest BCUT2D eigenvalue weighted by Crippen LogP contribution is -2.38. The predicted molar refractivity (Wildman–Crippen MR) is 212 cm³/mol. The highest BCUT2D eigenvalue weighted by Gasteiger charge is 2.29. The number of aromatic nitrogens is 6. The Bertz CT molecular complexity index is 2380. The Kier molecular flexibility index (Phi) is 10.7. The monoisotopic (exact) mass is 760 g/mol. The number of amides is 4. The number of aryl methyl sites for hydroxylation is 4. The molecular formula is C40H48N12O4. The van der Waals surface area contributed by atoms with Gasteiger partial charge < -0.3 is 21.8 Å². The fraction of sp³-hybridized carbons (Fsp3) is 0.400. The van der Waals surface area contributed by atoms with E-state index < -0.39 is 17.7 Å². The van der Waals surface area contributed by atoms with Crippen LogP contribution in [0.25, 0.3) is 11.0 Å². The van der Waals surface area contributed by atoms with E-state index in [9.17, 15) is 19.2 Å². The van der Waals surface area contributed by atoms with Crippen LogP contribution in [-0.2, 0) is 25.9 Å². The van der Waals surface area contributed by atoms with Crippen LogP contribution in [-0.4, -0.2) is 58.7 Å². The van der Waals surface area contributed by atoms with Gasteiger partial charge in [0.2, 0.25) is 23.7 Å². The van der Waals surface area contributed by atoms with Gasteiger partial charge in [0.25, 0.3) is 11.8 Å². The highest BCUT2D eigenvalue weighted by atomic mass is 16.2. The van der Waals surface area contributed by atoms with Crippen LogP contribution >= 0.6 is 0 Å². The van der Waals surface area contributed by atoms with Crippen molar-refractivity contribution in [3.8, 4) is 0 Å². The standard InChI is InChI=1S/C40H48N12O4/c1-4-50-34-29(23(3)49-50)8-6-5-7-17-51-33(18-22(2)48-51)37(55)47-40-45-31-21-27(36(42)54)13-16-32(31)52(40)28-14-9-24(10-15-28)19-25-11-12-26(35(41)53)20-30(25)44-39(43)46-38(34)56/h11-13,16,18,20-21,24,28H,4-10,14-15,17,19H2,1-3H3,(H2,41,53)(H2,42,54)(H,45,47,55)(H3,43,44,46,56). The number of guanidine groups is 1. The second-order valence-electron chi connectivity index (χ2n) is 14.8. The van der Waals surface area contributed by atoms with Gasteiger partial charge in [-0.3, -0.25) is 39.2 Å². The van der Waals surface area contributed by atoms with Crippen LogP contribution in [0.3, 0.4) is 0 Å². The molecule has 5 heterocycles. The van der Waals surface area contributed by atoms with E-state index in [2.05, 4.69) is 30.4 Å². The second-order valence-corrected chi connectivity index (χ2v) is 14.8. The molecule has 2 aliphatic heterocycles. The van der Waals surface area contributed by atoms with Crippen LogP contribution in [0.4, 0.5) is 11.6 Å². The first-order valence-corrected chi connectivity index (χ1v) is 19.2. The van der Waals surface area contributed by atoms with Crippen LogP contribution in [0.5, 0.6) is 0 Å². The number of hydrogen-bond acceptors (Lipinski definition) is 9. The van der Waals surface area contributed by atoms with Crippen molar-refractivity contribution in [1.82, 2.24) is 34.4 Å². The van der Waals surface area contributed by atoms with E-state index >= 15 is 0 Å². The summed E-state index contributed by atoms with van der Waals surface area (Å²) in [6, 6.07) is 12.1. The number of primary amides is 2. The van der Waals surface area contributed by atoms with Crippen molar-refractivity contribution < 1.29 is 19.2 Å². The lowest BCUT2D eigenvalue weighted by molar-refractivity contribution is 0.0961. The summed E-state index contributed by atoms with van der Waals surface area (Å²) < 4.78 is 5.48. The first kappa shape index (κ1) is 38.0. The summed E-state index contributed by atoms with van der Waals surface area (Å²) in [5.41, 5.74) is 24.1. The zero-order valence-corrected chi connectivity index (χ0v) is 32.0. The van der Waals surface area contributed by atoms with Crippen LogP contribution in [0, 0.1) is 19.8 Å². The number of carbonyl (C=O) groups excluding carboxylic acids is 4. The number of aliphatic imine (C=N–C) groups is 1. The van der Waals surface area contributed by atoms with Gasteiger partial charge in [-0.15, -0.1) is 0 Å². The highest BCUT2D eigenvalue weighted by Crippen LogP contribution is 2.39. The molecule has 2 aromatic carbocycles. The van der Waals surface area contributed by atoms with Crippen molar-refractivity contribution in [3.05, 3.63) is 87.5 Å². The minimum atomic E-state index is -0.597. The van der Waals surface area contributed by atoms with Gasteiger partial charge in [-0.25, -0.2) is 9.98 Å². The van der Waals surface area contributed by atoms with Crippen LogP contribution in [0.15, 0.2) is 47.5 Å². The van der Waals surface area contributed by atoms with Crippen molar-refractivity contribution in [2.24, 2.45) is 28.1 Å². The van der Waals surface area contributed by atoms with Gasteiger partial charge in [0.15, 0.2) is 0 Å². The molecule has 5 aromatic rings. The molecule has 4 amide bonds. The Morgan fingerprint density at radius 2 is 1.61 bits per heavy atom. The quantitative estimate of drug-likeness (QED) is 0.174. The molecule has 8 N–H and O–H groups in total. The summed E-state index contributed by atoms with van der Waals surface area (Å²) in [7, 11) is 0. The topological polar surface area (TPSA) is 236 Å². The van der Waals surface area contributed by atoms with Gasteiger partial charge in [-0.2, -0.15) is 10.2 Å². The molecule has 1 fully saturated rings. The van der Waals surface area contributed by atoms with Gasteiger partial charge in [0.05, 0.1) is 28.1 Å². The normalized spacial score (nSPS) is 18.4. The molecule has 3 aromatic heterocycles. The number of fused-ring (bicyclic) bond motifs is 10. The number of nitrogens with two attached hydrogens (primary N) is 3. The molecule has 2 bridgehead atoms. The number of benzene rings is 2. The van der Waals surface area contributed by atoms with Crippen molar-refractivity contribution in [2.75, 3.05) is 5.32 Å². The largest absolute Gasteiger partial charge is 0.369 e. The van der Waals surface area contributed by atoms with Gasteiger partial charge in [-0.05, 0) is 120 Å². The number of nitrogens with zero attached hydrogens (tertiary/aromatic N) is 7. The maximum Gasteiger partial charge on any atom is 0.276 e. The summed E-state index contributed by atoms with van der Waals surface area (Å²) in [4.78, 5) is 61.5. The molecular weight excluding hydrogens is 713 g/mol. The second kappa shape index (κ2) is 15.8. The third kappa shape index (κ3) is 7.76. The number of rotatable bonds is 3. The SMILES string of the molecule is CCn1nc(C)c2c1C(=O)NC(N)=Nc1cc(C(N)=O)ccc1CC1CCC(CC1)n1c(nc3cc(C(N)=O)ccc31)NC(=O)c1cc(C)nn1CCCCC2. The molecule has 16 heteroatoms. The van der Waals surface area contributed by atoms with Crippen LogP contribution in [0.2, 0.25) is 0 Å². The number of imidazole rings is 1. The molecule has 8 rings (SSSR count). The molecule has 16 nitrogen and oxygen atoms in total. The number of hydrogen-bond donors (Lipinski definition) is 5. The summed E-state index contributed by atoms with van der Waals surface area (Å²) in [6.45, 7) is 6.68. The molecule has 0 atom stereocenters. The maximum atomic E-state index is 14.0. The third-order valence-corrected chi connectivity index (χ3v) is 10.9. The van der Waals surface area contributed by atoms with E-state index in [0.717, 1.165) is 73.0 Å². The Morgan fingerprint density at radius 3 is 2.34 bits per heavy atom. The summed E-state index contributed by atoms with van der Waals surface area (Å²) in [5.74, 6) is -1.34. The fourth-order valence-electron chi connectivity index (χ4n) is 8.16. The van der Waals surface area contributed by atoms with Gasteiger partial charge >= 0.3 is 0 Å². The summed E-state index contributed by atoms with van der Waals surface area (Å²) in [5, 5.41) is 15.1. The van der Waals surface area contributed by atoms with Gasteiger partial charge in [0, 0.05) is 35.8 Å². The van der Waals surface area contributed by atoms with E-state index in [1.54, 1.807) is 39.7 Å². The molecule has 56 heavy (non-hydrogen) atoms. The Balaban J connectivity index is 1.26. The van der Waals surface area contributed by atoms with Crippen LogP contribution < -0.4 is 27.8 Å². The summed E-state index contributed by atoms with van der Waals surface area (Å²) >= 11 is 0. The van der Waals surface area contributed by atoms with Gasteiger partial charge in [-0.1, -0.05) is 12.5 Å². The molecule has 0 radical (unpaired) electrons. The molecule has 0 unspecified atom stereocenters. The number of carbonyl (C=O) groups is 4. The summed E-state index contributed by atoms with van der Waals surface area (Å²) in [6.07, 6.45) is 6.85. The molecule has 292 valence electrons. The number of anilines is 1. The van der Waals surface area contributed by atoms with Crippen LogP contribution in [0.1, 0.15) is 122 Å². The number of nitrogens with one attached hydrogen (secondary N) is 2. The average Bonchev–Trinajstić information content (AvgIpc) is 3.83. The minimum Gasteiger partial charge on any atom is -0.369 e. The minimum absolute atomic E-state index is 0.00818. The van der Waals surface area contributed by atoms with E-state index in [1.807, 2.05) is 32.9 Å². The maximum absolute atomic E-state index is 14.0. The smallest absolute Gasteiger partial charge is 0.276 e. The first-order valence-electron chi connectivity index (χ1n) is 19.2. The molecule has 1 aliphatic carbocycles. The molecule has 0 saturated heterocycles. The molecule has 3 aliphatic rings. The van der Waals surface area contributed by atoms with E-state index in [0.29, 0.717) is 60.0 Å². The lowest BCUT2D eigenvalue weighted by Gasteiger charge is -2.31. The molecule has 1 saturated carbocycles. The van der Waals surface area contributed by atoms with Gasteiger partial charge in [0.1, 0.15) is 11.4 Å². The zero-order chi connectivity index (χ0) is 39.7. The Hall–Kier alpha value is -6.32. The van der Waals surface area contributed by atoms with Crippen molar-refractivity contribution >= 4 is 52.3 Å². The van der Waals surface area contributed by atoms with E-state index in [-0.39, 0.29) is 29.4 Å². The van der Waals surface area contributed by atoms with Crippen molar-refractivity contribution in [1.29, 1.82) is 0 Å². The third-order valence-electron chi connectivity index (χ3n) is 10.9. The highest BCUT2D eigenvalue weighted by molar-refractivity contribution is 6.06. The Morgan fingerprint density at radius 1 is 0.875 bits per heavy atom. The first-order chi connectivity index (χ1) is 26.9. The fourth-order valence-corrected chi connectivity index (χ4v) is 8.16. The Labute approximate surface area is 323 Å². The molecule has 0 spiro atoms. The average molecular weight is 761 g/mol. The zero-order valence-electron chi connectivity index (χ0n) is 32.0. The van der Waals surface area contributed by atoms with Crippen molar-refractivity contribution in [2.45, 2.75) is 97.7 Å². The van der Waals surface area contributed by atoms with Crippen molar-refractivity contribution in [3.63, 3.8) is 0 Å². The lowest BCUT2D eigenvalue weighted by atomic mass is 9.82. The van der Waals surface area contributed by atoms with E-state index in [1.165, 1.54) is 0 Å². The van der Waals surface area contributed by atoms with E-state index in [4.69, 9.17) is 22.2 Å².